The fourth-order valence-corrected chi connectivity index (χ4v) is 2.49. The van der Waals surface area contributed by atoms with E-state index in [1.54, 1.807) is 7.11 Å². The Morgan fingerprint density at radius 1 is 1.28 bits per heavy atom. The summed E-state index contributed by atoms with van der Waals surface area (Å²) in [5.41, 5.74) is 6.77. The van der Waals surface area contributed by atoms with Crippen LogP contribution in [-0.2, 0) is 6.54 Å². The molecule has 2 heterocycles. The smallest absolute Gasteiger partial charge is 0.128 e. The first-order chi connectivity index (χ1) is 8.72. The van der Waals surface area contributed by atoms with E-state index in [0.717, 1.165) is 42.2 Å². The van der Waals surface area contributed by atoms with Crippen molar-refractivity contribution in [3.05, 3.63) is 23.0 Å². The first-order valence-corrected chi connectivity index (χ1v) is 6.70. The number of ether oxygens (including phenoxy) is 1. The summed E-state index contributed by atoms with van der Waals surface area (Å²) >= 11 is 0. The maximum absolute atomic E-state index is 5.43. The number of aryl methyl sites for hydroxylation is 1. The van der Waals surface area contributed by atoms with Crippen molar-refractivity contribution in [3.8, 4) is 5.75 Å². The molecule has 0 spiro atoms. The Morgan fingerprint density at radius 2 is 2.00 bits per heavy atom. The predicted molar refractivity (Wildman–Crippen MR) is 72.5 cm³/mol. The normalized spacial score (nSPS) is 16.8. The third kappa shape index (κ3) is 3.00. The van der Waals surface area contributed by atoms with E-state index in [-0.39, 0.29) is 0 Å². The lowest BCUT2D eigenvalue weighted by molar-refractivity contribution is 0.150. The van der Waals surface area contributed by atoms with Crippen molar-refractivity contribution in [2.45, 2.75) is 39.7 Å². The van der Waals surface area contributed by atoms with Gasteiger partial charge in [-0.1, -0.05) is 6.42 Å². The Kier molecular flexibility index (Phi) is 4.55. The zero-order valence-corrected chi connectivity index (χ0v) is 11.6. The fourth-order valence-electron chi connectivity index (χ4n) is 2.49. The van der Waals surface area contributed by atoms with Gasteiger partial charge >= 0.3 is 0 Å². The van der Waals surface area contributed by atoms with E-state index in [2.05, 4.69) is 22.3 Å². The quantitative estimate of drug-likeness (QED) is 0.887. The second kappa shape index (κ2) is 6.16. The first kappa shape index (κ1) is 13.3. The van der Waals surface area contributed by atoms with Crippen LogP contribution in [0.1, 0.15) is 36.1 Å². The minimum absolute atomic E-state index is 0.780. The summed E-state index contributed by atoms with van der Waals surface area (Å²) in [7, 11) is 1.72. The number of pyridine rings is 1. The minimum Gasteiger partial charge on any atom is -0.496 e. The van der Waals surface area contributed by atoms with E-state index >= 15 is 0 Å². The van der Waals surface area contributed by atoms with Gasteiger partial charge in [-0.05, 0) is 26.7 Å². The van der Waals surface area contributed by atoms with Crippen LogP contribution < -0.4 is 10.2 Å². The van der Waals surface area contributed by atoms with Gasteiger partial charge < -0.3 is 4.74 Å². The van der Waals surface area contributed by atoms with Gasteiger partial charge in [0.25, 0.3) is 0 Å². The van der Waals surface area contributed by atoms with Crippen molar-refractivity contribution in [1.82, 2.24) is 15.4 Å². The van der Waals surface area contributed by atoms with Gasteiger partial charge in [-0.2, -0.15) is 0 Å². The van der Waals surface area contributed by atoms with Gasteiger partial charge in [0, 0.05) is 30.4 Å². The predicted octanol–water partition coefficient (Wildman–Crippen LogP) is 2.20. The van der Waals surface area contributed by atoms with E-state index in [4.69, 9.17) is 4.74 Å². The number of hydrazine groups is 1. The van der Waals surface area contributed by atoms with Crippen LogP contribution in [-0.4, -0.2) is 30.2 Å². The van der Waals surface area contributed by atoms with Crippen molar-refractivity contribution in [1.29, 1.82) is 0 Å². The largest absolute Gasteiger partial charge is 0.496 e. The Labute approximate surface area is 109 Å². The molecule has 1 aromatic rings. The topological polar surface area (TPSA) is 37.4 Å². The molecule has 1 aliphatic rings. The summed E-state index contributed by atoms with van der Waals surface area (Å²) in [5.74, 6) is 0.959. The zero-order valence-electron chi connectivity index (χ0n) is 11.6. The van der Waals surface area contributed by atoms with Crippen LogP contribution in [0.4, 0.5) is 0 Å². The Hall–Kier alpha value is -1.13. The van der Waals surface area contributed by atoms with Crippen LogP contribution >= 0.6 is 0 Å². The van der Waals surface area contributed by atoms with Crippen LogP contribution in [0.3, 0.4) is 0 Å². The highest BCUT2D eigenvalue weighted by atomic mass is 16.5. The maximum Gasteiger partial charge on any atom is 0.128 e. The molecule has 1 aliphatic heterocycles. The molecule has 100 valence electrons. The lowest BCUT2D eigenvalue weighted by Gasteiger charge is -2.27. The Morgan fingerprint density at radius 3 is 2.67 bits per heavy atom. The lowest BCUT2D eigenvalue weighted by atomic mass is 10.1. The summed E-state index contributed by atoms with van der Waals surface area (Å²) in [6, 6.07) is 0. The van der Waals surface area contributed by atoms with Crippen molar-refractivity contribution in [3.63, 3.8) is 0 Å². The Balaban J connectivity index is 2.00. The molecule has 4 heteroatoms. The molecule has 1 aromatic heterocycles. The maximum atomic E-state index is 5.43. The summed E-state index contributed by atoms with van der Waals surface area (Å²) in [6.45, 7) is 7.17. The van der Waals surface area contributed by atoms with Crippen LogP contribution in [0.25, 0.3) is 0 Å². The number of nitrogens with zero attached hydrogens (tertiary/aromatic N) is 2. The summed E-state index contributed by atoms with van der Waals surface area (Å²) in [4.78, 5) is 4.50. The van der Waals surface area contributed by atoms with Gasteiger partial charge in [0.2, 0.25) is 0 Å². The lowest BCUT2D eigenvalue weighted by Crippen LogP contribution is -2.41. The molecule has 1 saturated heterocycles. The molecule has 1 N–H and O–H groups in total. The molecule has 0 saturated carbocycles. The summed E-state index contributed by atoms with van der Waals surface area (Å²) < 4.78 is 5.43. The second-order valence-electron chi connectivity index (χ2n) is 4.93. The summed E-state index contributed by atoms with van der Waals surface area (Å²) in [6.07, 6.45) is 5.82. The van der Waals surface area contributed by atoms with Crippen molar-refractivity contribution in [2.24, 2.45) is 0 Å². The molecule has 1 fully saturated rings. The van der Waals surface area contributed by atoms with E-state index < -0.39 is 0 Å². The third-order valence-electron chi connectivity index (χ3n) is 3.58. The molecule has 4 nitrogen and oxygen atoms in total. The van der Waals surface area contributed by atoms with Gasteiger partial charge in [0.15, 0.2) is 0 Å². The number of aromatic nitrogens is 1. The van der Waals surface area contributed by atoms with Gasteiger partial charge in [-0.3, -0.25) is 4.98 Å². The number of hydrogen-bond acceptors (Lipinski definition) is 4. The van der Waals surface area contributed by atoms with Gasteiger partial charge in [0.1, 0.15) is 5.75 Å². The first-order valence-electron chi connectivity index (χ1n) is 6.70. The van der Waals surface area contributed by atoms with Gasteiger partial charge in [0.05, 0.1) is 19.3 Å². The van der Waals surface area contributed by atoms with Gasteiger partial charge in [-0.15, -0.1) is 0 Å². The average Bonchev–Trinajstić information content (AvgIpc) is 2.40. The van der Waals surface area contributed by atoms with Crippen molar-refractivity contribution in [2.75, 3.05) is 20.2 Å². The summed E-state index contributed by atoms with van der Waals surface area (Å²) in [5, 5.41) is 2.30. The molecule has 0 radical (unpaired) electrons. The third-order valence-corrected chi connectivity index (χ3v) is 3.58. The average molecular weight is 249 g/mol. The molecular formula is C14H23N3O. The highest BCUT2D eigenvalue weighted by molar-refractivity contribution is 5.40. The molecular weight excluding hydrogens is 226 g/mol. The fraction of sp³-hybridized carbons (Fsp3) is 0.643. The van der Waals surface area contributed by atoms with Crippen molar-refractivity contribution < 1.29 is 4.74 Å². The number of nitrogens with one attached hydrogen (secondary N) is 1. The molecule has 18 heavy (non-hydrogen) atoms. The zero-order chi connectivity index (χ0) is 13.0. The SMILES string of the molecule is COc1c(C)cnc(CNN2CCCCC2)c1C. The Bertz CT molecular complexity index is 400. The van der Waals surface area contributed by atoms with Crippen molar-refractivity contribution >= 4 is 0 Å². The van der Waals surface area contributed by atoms with Crippen LogP contribution in [0.15, 0.2) is 6.20 Å². The molecule has 2 rings (SSSR count). The second-order valence-corrected chi connectivity index (χ2v) is 4.93. The molecule has 0 amide bonds. The number of methoxy groups -OCH3 is 1. The standard InChI is InChI=1S/C14H23N3O/c1-11-9-15-13(12(2)14(11)18-3)10-16-17-7-5-4-6-8-17/h9,16H,4-8,10H2,1-3H3. The number of hydrogen-bond donors (Lipinski definition) is 1. The minimum atomic E-state index is 0.780. The van der Waals surface area contributed by atoms with Crippen LogP contribution in [0.5, 0.6) is 5.75 Å². The molecule has 0 aromatic carbocycles. The van der Waals surface area contributed by atoms with Crippen LogP contribution in [0.2, 0.25) is 0 Å². The van der Waals surface area contributed by atoms with E-state index in [0.29, 0.717) is 0 Å². The molecule has 0 aliphatic carbocycles. The highest BCUT2D eigenvalue weighted by Gasteiger charge is 2.12. The molecule has 0 bridgehead atoms. The number of rotatable bonds is 4. The molecule has 0 atom stereocenters. The van der Waals surface area contributed by atoms with E-state index in [1.165, 1.54) is 19.3 Å². The van der Waals surface area contributed by atoms with E-state index in [1.807, 2.05) is 13.1 Å². The molecule has 0 unspecified atom stereocenters. The number of piperidine rings is 1. The van der Waals surface area contributed by atoms with E-state index in [9.17, 15) is 0 Å². The van der Waals surface area contributed by atoms with Crippen LogP contribution in [0, 0.1) is 13.8 Å². The highest BCUT2D eigenvalue weighted by Crippen LogP contribution is 2.23. The van der Waals surface area contributed by atoms with Gasteiger partial charge in [-0.25, -0.2) is 10.4 Å². The monoisotopic (exact) mass is 249 g/mol.